The highest BCUT2D eigenvalue weighted by molar-refractivity contribution is 8.00. The summed E-state index contributed by atoms with van der Waals surface area (Å²) in [4.78, 5) is 24.2. The minimum atomic E-state index is -1.46. The highest BCUT2D eigenvalue weighted by Gasteiger charge is 2.36. The van der Waals surface area contributed by atoms with Crippen molar-refractivity contribution in [3.05, 3.63) is 29.3 Å². The first-order chi connectivity index (χ1) is 9.80. The molecular weight excluding hydrogens is 314 g/mol. The molecule has 2 atom stereocenters. The lowest BCUT2D eigenvalue weighted by molar-refractivity contribution is -0.149. The van der Waals surface area contributed by atoms with Crippen LogP contribution in [0, 0.1) is 0 Å². The molecule has 0 saturated carbocycles. The predicted octanol–water partition coefficient (Wildman–Crippen LogP) is 2.43. The Bertz CT molecular complexity index is 525. The van der Waals surface area contributed by atoms with Crippen molar-refractivity contribution >= 4 is 35.2 Å². The zero-order valence-corrected chi connectivity index (χ0v) is 13.6. The first-order valence-corrected chi connectivity index (χ1v) is 7.51. The molecule has 0 radical (unpaired) electrons. The fourth-order valence-corrected chi connectivity index (χ4v) is 2.75. The van der Waals surface area contributed by atoms with Crippen molar-refractivity contribution in [1.82, 2.24) is 5.32 Å². The van der Waals surface area contributed by atoms with Gasteiger partial charge >= 0.3 is 5.97 Å². The molecule has 0 aromatic heterocycles. The number of methoxy groups -OCH3 is 1. The second kappa shape index (κ2) is 7.68. The van der Waals surface area contributed by atoms with Gasteiger partial charge in [0, 0.05) is 12.0 Å². The summed E-state index contributed by atoms with van der Waals surface area (Å²) < 4.78 is 4.86. The third-order valence-corrected chi connectivity index (χ3v) is 4.43. The zero-order valence-electron chi connectivity index (χ0n) is 12.1. The number of ether oxygens (including phenoxy) is 1. The summed E-state index contributed by atoms with van der Waals surface area (Å²) >= 11 is 7.31. The second-order valence-electron chi connectivity index (χ2n) is 4.75. The summed E-state index contributed by atoms with van der Waals surface area (Å²) in [5, 5.41) is 11.8. The van der Waals surface area contributed by atoms with Crippen molar-refractivity contribution in [1.29, 1.82) is 0 Å². The number of rotatable bonds is 7. The molecule has 0 saturated heterocycles. The molecular formula is C14H18ClNO4S. The maximum Gasteiger partial charge on any atom is 0.331 e. The van der Waals surface area contributed by atoms with Gasteiger partial charge in [0.05, 0.1) is 16.9 Å². The number of hydrogen-bond donors (Lipinski definition) is 2. The summed E-state index contributed by atoms with van der Waals surface area (Å²) in [5.41, 5.74) is -1.46. The normalized spacial score (nSPS) is 15.0. The molecule has 0 spiro atoms. The number of carbonyl (C=O) groups excluding carboxylic acids is 1. The zero-order chi connectivity index (χ0) is 16.0. The number of benzene rings is 1. The Balaban J connectivity index is 2.74. The lowest BCUT2D eigenvalue weighted by Gasteiger charge is -2.26. The van der Waals surface area contributed by atoms with Gasteiger partial charge in [0.2, 0.25) is 5.91 Å². The van der Waals surface area contributed by atoms with E-state index in [9.17, 15) is 14.7 Å². The molecule has 0 aliphatic rings. The summed E-state index contributed by atoms with van der Waals surface area (Å²) in [6, 6.07) is 7.17. The highest BCUT2D eigenvalue weighted by Crippen LogP contribution is 2.30. The van der Waals surface area contributed by atoms with Crippen LogP contribution in [0.25, 0.3) is 0 Å². The van der Waals surface area contributed by atoms with Crippen LogP contribution in [-0.2, 0) is 14.3 Å². The van der Waals surface area contributed by atoms with E-state index in [0.29, 0.717) is 5.02 Å². The molecule has 0 bridgehead atoms. The van der Waals surface area contributed by atoms with Gasteiger partial charge in [-0.05, 0) is 26.0 Å². The van der Waals surface area contributed by atoms with E-state index in [-0.39, 0.29) is 12.5 Å². The molecule has 2 unspecified atom stereocenters. The van der Waals surface area contributed by atoms with Gasteiger partial charge in [0.25, 0.3) is 0 Å². The second-order valence-corrected chi connectivity index (χ2v) is 6.54. The van der Waals surface area contributed by atoms with E-state index in [1.807, 2.05) is 12.1 Å². The summed E-state index contributed by atoms with van der Waals surface area (Å²) in [5.74, 6) is -1.53. The highest BCUT2D eigenvalue weighted by atomic mass is 35.5. The molecule has 0 heterocycles. The third-order valence-electron chi connectivity index (χ3n) is 2.81. The SMILES string of the molecule is COCC(C)(NC(=O)C(C)Sc1ccccc1Cl)C(=O)O. The molecule has 0 aliphatic heterocycles. The van der Waals surface area contributed by atoms with Crippen LogP contribution < -0.4 is 5.32 Å². The van der Waals surface area contributed by atoms with Gasteiger partial charge in [0.1, 0.15) is 0 Å². The van der Waals surface area contributed by atoms with E-state index >= 15 is 0 Å². The third kappa shape index (κ3) is 4.91. The first-order valence-electron chi connectivity index (χ1n) is 6.25. The number of thioether (sulfide) groups is 1. The van der Waals surface area contributed by atoms with Crippen LogP contribution in [0.15, 0.2) is 29.2 Å². The van der Waals surface area contributed by atoms with E-state index < -0.39 is 16.8 Å². The van der Waals surface area contributed by atoms with Gasteiger partial charge in [-0.15, -0.1) is 11.8 Å². The van der Waals surface area contributed by atoms with Crippen LogP contribution in [0.1, 0.15) is 13.8 Å². The molecule has 21 heavy (non-hydrogen) atoms. The Kier molecular flexibility index (Phi) is 6.51. The lowest BCUT2D eigenvalue weighted by atomic mass is 10.0. The predicted molar refractivity (Wildman–Crippen MR) is 82.8 cm³/mol. The molecule has 2 N–H and O–H groups in total. The monoisotopic (exact) mass is 331 g/mol. The Morgan fingerprint density at radius 3 is 2.62 bits per heavy atom. The van der Waals surface area contributed by atoms with Crippen molar-refractivity contribution in [2.24, 2.45) is 0 Å². The molecule has 5 nitrogen and oxygen atoms in total. The van der Waals surface area contributed by atoms with Crippen molar-refractivity contribution in [2.45, 2.75) is 29.5 Å². The van der Waals surface area contributed by atoms with E-state index in [1.165, 1.54) is 25.8 Å². The van der Waals surface area contributed by atoms with Gasteiger partial charge in [-0.2, -0.15) is 0 Å². The maximum atomic E-state index is 12.2. The fraction of sp³-hybridized carbons (Fsp3) is 0.429. The van der Waals surface area contributed by atoms with Crippen molar-refractivity contribution in [2.75, 3.05) is 13.7 Å². The van der Waals surface area contributed by atoms with Gasteiger partial charge in [0.15, 0.2) is 5.54 Å². The minimum Gasteiger partial charge on any atom is -0.479 e. The molecule has 0 fully saturated rings. The smallest absolute Gasteiger partial charge is 0.331 e. The van der Waals surface area contributed by atoms with Crippen LogP contribution in [-0.4, -0.2) is 41.5 Å². The molecule has 7 heteroatoms. The van der Waals surface area contributed by atoms with Gasteiger partial charge in [-0.25, -0.2) is 4.79 Å². The van der Waals surface area contributed by atoms with Crippen LogP contribution in [0.3, 0.4) is 0 Å². The molecule has 116 valence electrons. The fourth-order valence-electron chi connectivity index (χ4n) is 1.60. The molecule has 0 aliphatic carbocycles. The lowest BCUT2D eigenvalue weighted by Crippen LogP contribution is -2.56. The number of carboxylic acids is 1. The van der Waals surface area contributed by atoms with Crippen molar-refractivity contribution < 1.29 is 19.4 Å². The van der Waals surface area contributed by atoms with E-state index in [4.69, 9.17) is 16.3 Å². The van der Waals surface area contributed by atoms with Crippen LogP contribution >= 0.6 is 23.4 Å². The van der Waals surface area contributed by atoms with E-state index in [2.05, 4.69) is 5.32 Å². The van der Waals surface area contributed by atoms with E-state index in [1.54, 1.807) is 19.1 Å². The number of aliphatic carboxylic acids is 1. The molecule has 1 amide bonds. The topological polar surface area (TPSA) is 75.6 Å². The van der Waals surface area contributed by atoms with Crippen LogP contribution in [0.5, 0.6) is 0 Å². The van der Waals surface area contributed by atoms with Gasteiger partial charge in [-0.3, -0.25) is 4.79 Å². The number of hydrogen-bond acceptors (Lipinski definition) is 4. The first kappa shape index (κ1) is 17.8. The number of halogens is 1. The largest absolute Gasteiger partial charge is 0.479 e. The summed E-state index contributed by atoms with van der Waals surface area (Å²) in [6.07, 6.45) is 0. The van der Waals surface area contributed by atoms with Crippen molar-refractivity contribution in [3.63, 3.8) is 0 Å². The molecule has 1 rings (SSSR count). The molecule has 1 aromatic rings. The Labute approximate surface area is 133 Å². The summed E-state index contributed by atoms with van der Waals surface area (Å²) in [7, 11) is 1.38. The van der Waals surface area contributed by atoms with E-state index in [0.717, 1.165) is 4.90 Å². The Morgan fingerprint density at radius 1 is 1.48 bits per heavy atom. The number of carbonyl (C=O) groups is 2. The standard InChI is InChI=1S/C14H18ClNO4S/c1-9(21-11-7-5-4-6-10(11)15)12(17)16-14(2,8-20-3)13(18)19/h4-7,9H,8H2,1-3H3,(H,16,17)(H,18,19). The van der Waals surface area contributed by atoms with Crippen molar-refractivity contribution in [3.8, 4) is 0 Å². The number of carboxylic acid groups (broad SMARTS) is 1. The summed E-state index contributed by atoms with van der Waals surface area (Å²) in [6.45, 7) is 2.99. The van der Waals surface area contributed by atoms with Gasteiger partial charge in [-0.1, -0.05) is 23.7 Å². The van der Waals surface area contributed by atoms with Crippen LogP contribution in [0.2, 0.25) is 5.02 Å². The number of amides is 1. The Hall–Kier alpha value is -1.24. The average molecular weight is 332 g/mol. The quantitative estimate of drug-likeness (QED) is 0.750. The minimum absolute atomic E-state index is 0.114. The number of nitrogens with one attached hydrogen (secondary N) is 1. The van der Waals surface area contributed by atoms with Crippen LogP contribution in [0.4, 0.5) is 0 Å². The Morgan fingerprint density at radius 2 is 2.10 bits per heavy atom. The van der Waals surface area contributed by atoms with Gasteiger partial charge < -0.3 is 15.2 Å². The average Bonchev–Trinajstić information content (AvgIpc) is 2.41. The maximum absolute atomic E-state index is 12.2. The molecule has 1 aromatic carbocycles.